The van der Waals surface area contributed by atoms with Gasteiger partial charge in [0.25, 0.3) is 0 Å². The second kappa shape index (κ2) is 4.68. The Kier molecular flexibility index (Phi) is 3.01. The van der Waals surface area contributed by atoms with Gasteiger partial charge in [0.05, 0.1) is 27.3 Å². The van der Waals surface area contributed by atoms with Crippen LogP contribution in [0.1, 0.15) is 16.2 Å². The third-order valence-electron chi connectivity index (χ3n) is 2.83. The summed E-state index contributed by atoms with van der Waals surface area (Å²) >= 11 is 12.1. The van der Waals surface area contributed by atoms with Crippen molar-refractivity contribution in [2.24, 2.45) is 0 Å². The largest absolute Gasteiger partial charge is 0.297 e. The van der Waals surface area contributed by atoms with Crippen LogP contribution in [-0.4, -0.2) is 15.2 Å². The highest BCUT2D eigenvalue weighted by atomic mass is 35.5. The number of aromatic nitrogens is 2. The number of benzene rings is 1. The Morgan fingerprint density at radius 2 is 1.79 bits per heavy atom. The molecule has 0 aliphatic rings. The van der Waals surface area contributed by atoms with Gasteiger partial charge >= 0.3 is 0 Å². The number of hydrogen-bond donors (Lipinski definition) is 0. The van der Waals surface area contributed by atoms with E-state index >= 15 is 0 Å². The van der Waals surface area contributed by atoms with Crippen LogP contribution in [-0.2, 0) is 0 Å². The number of imidazole rings is 1. The summed E-state index contributed by atoms with van der Waals surface area (Å²) in [5, 5.41) is 0.648. The van der Waals surface area contributed by atoms with Crippen LogP contribution in [0.15, 0.2) is 48.8 Å². The molecule has 0 amide bonds. The quantitative estimate of drug-likeness (QED) is 0.672. The molecule has 0 saturated carbocycles. The highest BCUT2D eigenvalue weighted by Gasteiger charge is 2.20. The van der Waals surface area contributed by atoms with Crippen molar-refractivity contribution in [1.29, 1.82) is 0 Å². The molecular formula is C14H8Cl2N2O. The van der Waals surface area contributed by atoms with Crippen LogP contribution >= 0.6 is 23.2 Å². The van der Waals surface area contributed by atoms with Crippen molar-refractivity contribution >= 4 is 34.5 Å². The normalized spacial score (nSPS) is 10.8. The van der Waals surface area contributed by atoms with E-state index in [-0.39, 0.29) is 11.3 Å². The zero-order chi connectivity index (χ0) is 13.4. The molecule has 0 atom stereocenters. The maximum Gasteiger partial charge on any atom is 0.231 e. The third kappa shape index (κ3) is 2.01. The fourth-order valence-electron chi connectivity index (χ4n) is 1.94. The highest BCUT2D eigenvalue weighted by molar-refractivity contribution is 6.40. The summed E-state index contributed by atoms with van der Waals surface area (Å²) in [7, 11) is 0. The Morgan fingerprint density at radius 3 is 2.53 bits per heavy atom. The first-order chi connectivity index (χ1) is 9.18. The number of halogens is 2. The molecule has 0 unspecified atom stereocenters. The number of carbonyl (C=O) groups excluding carboxylic acids is 1. The molecule has 0 bridgehead atoms. The summed E-state index contributed by atoms with van der Waals surface area (Å²) in [6.45, 7) is 0. The maximum absolute atomic E-state index is 12.5. The van der Waals surface area contributed by atoms with Crippen LogP contribution in [0.4, 0.5) is 0 Å². The lowest BCUT2D eigenvalue weighted by Crippen LogP contribution is -2.08. The van der Waals surface area contributed by atoms with E-state index in [1.165, 1.54) is 0 Å². The molecule has 0 fully saturated rings. The molecule has 0 aliphatic heterocycles. The van der Waals surface area contributed by atoms with Gasteiger partial charge in [-0.25, -0.2) is 4.98 Å². The van der Waals surface area contributed by atoms with E-state index in [4.69, 9.17) is 23.2 Å². The molecule has 3 rings (SSSR count). The molecule has 2 heterocycles. The number of nitrogens with zero attached hydrogens (tertiary/aromatic N) is 2. The van der Waals surface area contributed by atoms with Crippen molar-refractivity contribution in [3.8, 4) is 0 Å². The second-order valence-corrected chi connectivity index (χ2v) is 4.82. The van der Waals surface area contributed by atoms with E-state index in [0.717, 1.165) is 5.52 Å². The number of ketones is 1. The maximum atomic E-state index is 12.5. The zero-order valence-corrected chi connectivity index (χ0v) is 11.2. The van der Waals surface area contributed by atoms with Gasteiger partial charge in [-0.05, 0) is 24.3 Å². The number of pyridine rings is 1. The van der Waals surface area contributed by atoms with Crippen molar-refractivity contribution < 1.29 is 4.79 Å². The molecule has 94 valence electrons. The van der Waals surface area contributed by atoms with Crippen LogP contribution in [0.2, 0.25) is 10.0 Å². The summed E-state index contributed by atoms with van der Waals surface area (Å²) in [4.78, 5) is 16.7. The third-order valence-corrected chi connectivity index (χ3v) is 3.46. The summed E-state index contributed by atoms with van der Waals surface area (Å²) < 4.78 is 1.71. The van der Waals surface area contributed by atoms with Crippen LogP contribution in [0.5, 0.6) is 0 Å². The van der Waals surface area contributed by atoms with Crippen molar-refractivity contribution in [3.05, 3.63) is 70.2 Å². The molecule has 5 heteroatoms. The van der Waals surface area contributed by atoms with E-state index in [0.29, 0.717) is 15.9 Å². The second-order valence-electron chi connectivity index (χ2n) is 4.00. The first kappa shape index (κ1) is 12.2. The SMILES string of the molecule is O=C(c1c(Cl)cccc1Cl)c1ncc2ccccn12. The van der Waals surface area contributed by atoms with Gasteiger partial charge in [0.1, 0.15) is 0 Å². The molecule has 3 nitrogen and oxygen atoms in total. The number of hydrogen-bond acceptors (Lipinski definition) is 2. The minimum Gasteiger partial charge on any atom is -0.297 e. The number of rotatable bonds is 2. The van der Waals surface area contributed by atoms with Crippen LogP contribution in [0, 0.1) is 0 Å². The average Bonchev–Trinajstić information content (AvgIpc) is 2.82. The molecule has 0 N–H and O–H groups in total. The molecule has 19 heavy (non-hydrogen) atoms. The van der Waals surface area contributed by atoms with Gasteiger partial charge in [-0.2, -0.15) is 0 Å². The Hall–Kier alpha value is -1.84. The molecule has 0 spiro atoms. The van der Waals surface area contributed by atoms with Crippen molar-refractivity contribution in [3.63, 3.8) is 0 Å². The predicted molar refractivity (Wildman–Crippen MR) is 75.1 cm³/mol. The summed E-state index contributed by atoms with van der Waals surface area (Å²) in [5.41, 5.74) is 1.12. The Bertz CT molecular complexity index is 760. The Labute approximate surface area is 119 Å². The van der Waals surface area contributed by atoms with Crippen LogP contribution in [0.25, 0.3) is 5.52 Å². The smallest absolute Gasteiger partial charge is 0.231 e. The number of carbonyl (C=O) groups is 1. The fourth-order valence-corrected chi connectivity index (χ4v) is 2.51. The average molecular weight is 291 g/mol. The summed E-state index contributed by atoms with van der Waals surface area (Å²) in [6, 6.07) is 10.6. The topological polar surface area (TPSA) is 34.4 Å². The van der Waals surface area contributed by atoms with Gasteiger partial charge in [0.15, 0.2) is 5.82 Å². The predicted octanol–water partition coefficient (Wildman–Crippen LogP) is 3.87. The van der Waals surface area contributed by atoms with Gasteiger partial charge in [0.2, 0.25) is 5.78 Å². The lowest BCUT2D eigenvalue weighted by atomic mass is 10.1. The van der Waals surface area contributed by atoms with Gasteiger partial charge < -0.3 is 0 Å². The molecule has 2 aromatic heterocycles. The van der Waals surface area contributed by atoms with E-state index in [1.54, 1.807) is 35.0 Å². The first-order valence-electron chi connectivity index (χ1n) is 5.59. The molecule has 3 aromatic rings. The lowest BCUT2D eigenvalue weighted by molar-refractivity contribution is 0.102. The van der Waals surface area contributed by atoms with E-state index in [1.807, 2.05) is 18.2 Å². The Morgan fingerprint density at radius 1 is 1.05 bits per heavy atom. The van der Waals surface area contributed by atoms with Gasteiger partial charge in [0, 0.05) is 6.20 Å². The van der Waals surface area contributed by atoms with Crippen molar-refractivity contribution in [2.75, 3.05) is 0 Å². The minimum absolute atomic E-state index is 0.280. The van der Waals surface area contributed by atoms with Crippen LogP contribution < -0.4 is 0 Å². The van der Waals surface area contributed by atoms with Crippen molar-refractivity contribution in [1.82, 2.24) is 9.38 Å². The molecule has 0 saturated heterocycles. The zero-order valence-electron chi connectivity index (χ0n) is 9.68. The minimum atomic E-state index is -0.290. The monoisotopic (exact) mass is 290 g/mol. The summed E-state index contributed by atoms with van der Waals surface area (Å²) in [6.07, 6.45) is 3.41. The van der Waals surface area contributed by atoms with Gasteiger partial charge in [-0.3, -0.25) is 9.20 Å². The van der Waals surface area contributed by atoms with E-state index in [9.17, 15) is 4.79 Å². The Balaban J connectivity index is 2.20. The standard InChI is InChI=1S/C14H8Cl2N2O/c15-10-5-3-6-11(16)12(10)13(19)14-17-8-9-4-1-2-7-18(9)14/h1-8H. The van der Waals surface area contributed by atoms with Crippen LogP contribution in [0.3, 0.4) is 0 Å². The van der Waals surface area contributed by atoms with Gasteiger partial charge in [-0.1, -0.05) is 35.3 Å². The molecule has 1 aromatic carbocycles. The van der Waals surface area contributed by atoms with E-state index < -0.39 is 0 Å². The lowest BCUT2D eigenvalue weighted by Gasteiger charge is -2.05. The fraction of sp³-hybridized carbons (Fsp3) is 0. The molecule has 0 aliphatic carbocycles. The van der Waals surface area contributed by atoms with Gasteiger partial charge in [-0.15, -0.1) is 0 Å². The molecule has 0 radical (unpaired) electrons. The number of fused-ring (bicyclic) bond motifs is 1. The highest BCUT2D eigenvalue weighted by Crippen LogP contribution is 2.26. The summed E-state index contributed by atoms with van der Waals surface area (Å²) in [5.74, 6) is 0.00685. The van der Waals surface area contributed by atoms with E-state index in [2.05, 4.69) is 4.98 Å². The van der Waals surface area contributed by atoms with Crippen molar-refractivity contribution in [2.45, 2.75) is 0 Å². The molecular weight excluding hydrogens is 283 g/mol. The first-order valence-corrected chi connectivity index (χ1v) is 6.35.